The average Bonchev–Trinajstić information content (AvgIpc) is 2.92. The van der Waals surface area contributed by atoms with Crippen LogP contribution in [0.3, 0.4) is 0 Å². The highest BCUT2D eigenvalue weighted by Crippen LogP contribution is 2.53. The Hall–Kier alpha value is -0.779. The summed E-state index contributed by atoms with van der Waals surface area (Å²) in [6.45, 7) is 42.2. The van der Waals surface area contributed by atoms with Gasteiger partial charge in [-0.15, -0.1) is 0 Å². The first kappa shape index (κ1) is 28.8. The molecule has 0 amide bonds. The number of benzene rings is 2. The van der Waals surface area contributed by atoms with E-state index in [9.17, 15) is 0 Å². The molecule has 2 atom stereocenters. The Morgan fingerprint density at radius 3 is 0.943 bits per heavy atom. The lowest BCUT2D eigenvalue weighted by Crippen LogP contribution is -2.60. The third-order valence-corrected chi connectivity index (χ3v) is 28.1. The molecule has 0 N–H and O–H groups in total. The lowest BCUT2D eigenvalue weighted by atomic mass is 9.05. The zero-order chi connectivity index (χ0) is 27.0. The zero-order valence-electron chi connectivity index (χ0n) is 26.0. The van der Waals surface area contributed by atoms with Crippen molar-refractivity contribution in [1.29, 1.82) is 0 Å². The van der Waals surface area contributed by atoms with E-state index in [0.717, 1.165) is 10.1 Å². The normalized spacial score (nSPS) is 20.7. The fourth-order valence-corrected chi connectivity index (χ4v) is 34.4. The summed E-state index contributed by atoms with van der Waals surface area (Å²) in [4.78, 5) is 0. The smallest absolute Gasteiger partial charge is 0.0819 e. The Morgan fingerprint density at radius 1 is 0.514 bits per heavy atom. The Bertz CT molecular complexity index is 1010. The van der Waals surface area contributed by atoms with Gasteiger partial charge in [0.15, 0.2) is 0 Å². The van der Waals surface area contributed by atoms with Crippen LogP contribution in [-0.4, -0.2) is 37.4 Å². The van der Waals surface area contributed by atoms with Gasteiger partial charge in [0.1, 0.15) is 13.2 Å². The highest BCUT2D eigenvalue weighted by molar-refractivity contribution is 7.50. The molecule has 1 aliphatic rings. The Labute approximate surface area is 222 Å². The molecule has 1 fully saturated rings. The van der Waals surface area contributed by atoms with Gasteiger partial charge in [0.05, 0.1) is 0 Å². The molecule has 0 aliphatic carbocycles. The van der Waals surface area contributed by atoms with E-state index in [1.165, 1.54) is 22.3 Å². The van der Waals surface area contributed by atoms with Crippen LogP contribution in [0, 0.1) is 55.4 Å². The highest BCUT2D eigenvalue weighted by atomic mass is 28.4. The third kappa shape index (κ3) is 4.68. The van der Waals surface area contributed by atoms with Crippen molar-refractivity contribution in [2.75, 3.05) is 0 Å². The standard InChI is InChI=1S/C30H52B2Si3/c1-19-17-20(2)24(6)27(23(19)5)31-29(33(9,10)11)35(15,16)30(34(12,13)14)32(31)28-25(7)21(3)18-22(4)26(28)8/h17-18,29-30H,1-16H3/t29-,30-/m0/s1. The summed E-state index contributed by atoms with van der Waals surface area (Å²) in [5, 5.41) is 1.77. The van der Waals surface area contributed by atoms with E-state index in [4.69, 9.17) is 0 Å². The predicted molar refractivity (Wildman–Crippen MR) is 173 cm³/mol. The molecule has 35 heavy (non-hydrogen) atoms. The van der Waals surface area contributed by atoms with Crippen LogP contribution < -0.4 is 10.9 Å². The Kier molecular flexibility index (Phi) is 7.57. The summed E-state index contributed by atoms with van der Waals surface area (Å²) in [6.07, 6.45) is 0. The summed E-state index contributed by atoms with van der Waals surface area (Å²) in [5.74, 6) is 0. The van der Waals surface area contributed by atoms with Gasteiger partial charge in [-0.2, -0.15) is 0 Å². The van der Waals surface area contributed by atoms with E-state index in [0.29, 0.717) is 13.2 Å². The van der Waals surface area contributed by atoms with Gasteiger partial charge in [-0.05, 0) is 77.6 Å². The molecule has 0 unspecified atom stereocenters. The zero-order valence-corrected chi connectivity index (χ0v) is 29.0. The summed E-state index contributed by atoms with van der Waals surface area (Å²) in [6, 6.07) is 4.88. The van der Waals surface area contributed by atoms with E-state index < -0.39 is 24.2 Å². The molecule has 0 spiro atoms. The quantitative estimate of drug-likeness (QED) is 0.365. The summed E-state index contributed by atoms with van der Waals surface area (Å²) in [5.41, 5.74) is 15.7. The first-order valence-electron chi connectivity index (χ1n) is 13.9. The molecule has 2 aromatic rings. The molecule has 190 valence electrons. The van der Waals surface area contributed by atoms with Gasteiger partial charge < -0.3 is 0 Å². The molecule has 2 aromatic carbocycles. The van der Waals surface area contributed by atoms with Crippen molar-refractivity contribution in [3.63, 3.8) is 0 Å². The maximum absolute atomic E-state index is 2.81. The van der Waals surface area contributed by atoms with Crippen LogP contribution in [0.15, 0.2) is 12.1 Å². The molecule has 0 radical (unpaired) electrons. The number of rotatable bonds is 4. The van der Waals surface area contributed by atoms with Crippen molar-refractivity contribution in [1.82, 2.24) is 0 Å². The molecule has 1 heterocycles. The van der Waals surface area contributed by atoms with Gasteiger partial charge in [-0.25, -0.2) is 0 Å². The molecular weight excluding hydrogens is 466 g/mol. The van der Waals surface area contributed by atoms with Crippen LogP contribution >= 0.6 is 0 Å². The van der Waals surface area contributed by atoms with Gasteiger partial charge >= 0.3 is 0 Å². The van der Waals surface area contributed by atoms with Gasteiger partial charge in [0.2, 0.25) is 0 Å². The highest BCUT2D eigenvalue weighted by Gasteiger charge is 2.66. The minimum atomic E-state index is -1.60. The van der Waals surface area contributed by atoms with Crippen LogP contribution in [0.4, 0.5) is 0 Å². The van der Waals surface area contributed by atoms with E-state index in [1.807, 2.05) is 0 Å². The van der Waals surface area contributed by atoms with E-state index in [2.05, 4.69) is 120 Å². The average molecular weight is 519 g/mol. The van der Waals surface area contributed by atoms with Crippen molar-refractivity contribution in [2.24, 2.45) is 0 Å². The van der Waals surface area contributed by atoms with Crippen molar-refractivity contribution in [2.45, 2.75) is 118 Å². The van der Waals surface area contributed by atoms with E-state index in [-0.39, 0.29) is 0 Å². The third-order valence-electron chi connectivity index (χ3n) is 10.1. The van der Waals surface area contributed by atoms with Crippen LogP contribution in [-0.2, 0) is 0 Å². The number of hydrogen-bond acceptors (Lipinski definition) is 0. The minimum absolute atomic E-state index is 0.650. The Balaban J connectivity index is 2.59. The predicted octanol–water partition coefficient (Wildman–Crippen LogP) is 7.63. The van der Waals surface area contributed by atoms with E-state index >= 15 is 0 Å². The molecule has 1 saturated heterocycles. The second-order valence-corrected chi connectivity index (χ2v) is 31.7. The SMILES string of the molecule is Cc1cc(C)c(C)c(B2B(c3c(C)c(C)cc(C)c3C)[C@@H]([Si](C)(C)C)[Si](C)(C)[C@@H]2[Si](C)(C)C)c1C. The summed E-state index contributed by atoms with van der Waals surface area (Å²) >= 11 is 0. The maximum Gasteiger partial charge on any atom is 0.149 e. The van der Waals surface area contributed by atoms with Gasteiger partial charge in [0.25, 0.3) is 0 Å². The second kappa shape index (κ2) is 9.20. The monoisotopic (exact) mass is 518 g/mol. The van der Waals surface area contributed by atoms with Crippen LogP contribution in [0.25, 0.3) is 0 Å². The molecule has 0 nitrogen and oxygen atoms in total. The first-order valence-corrected chi connectivity index (χ1v) is 24.2. The van der Waals surface area contributed by atoms with Gasteiger partial charge in [0, 0.05) is 24.2 Å². The number of hydrogen-bond donors (Lipinski definition) is 0. The summed E-state index contributed by atoms with van der Waals surface area (Å²) in [7, 11) is -4.52. The van der Waals surface area contributed by atoms with Crippen molar-refractivity contribution in [3.05, 3.63) is 56.6 Å². The topological polar surface area (TPSA) is 0 Å². The molecule has 0 saturated carbocycles. The molecule has 0 bridgehead atoms. The molecule has 0 aromatic heterocycles. The van der Waals surface area contributed by atoms with Crippen molar-refractivity contribution >= 4 is 48.4 Å². The van der Waals surface area contributed by atoms with Gasteiger partial charge in [-0.1, -0.05) is 108 Å². The molecule has 1 aliphatic heterocycles. The lowest BCUT2D eigenvalue weighted by molar-refractivity contribution is 1.26. The number of aryl methyl sites for hydroxylation is 4. The fraction of sp³-hybridized carbons (Fsp3) is 0.600. The van der Waals surface area contributed by atoms with E-state index in [1.54, 1.807) is 33.2 Å². The molecular formula is C30H52B2Si3. The van der Waals surface area contributed by atoms with Crippen molar-refractivity contribution in [3.8, 4) is 0 Å². The Morgan fingerprint density at radius 2 is 0.743 bits per heavy atom. The fourth-order valence-electron chi connectivity index (χ4n) is 9.03. The van der Waals surface area contributed by atoms with Crippen LogP contribution in [0.1, 0.15) is 44.5 Å². The second-order valence-electron chi connectivity index (χ2n) is 14.9. The van der Waals surface area contributed by atoms with Crippen LogP contribution in [0.5, 0.6) is 0 Å². The minimum Gasteiger partial charge on any atom is -0.0819 e. The van der Waals surface area contributed by atoms with Crippen molar-refractivity contribution < 1.29 is 0 Å². The summed E-state index contributed by atoms with van der Waals surface area (Å²) < 4.78 is 0. The first-order chi connectivity index (χ1) is 15.7. The maximum atomic E-state index is 2.81. The lowest BCUT2D eigenvalue weighted by Gasteiger charge is -2.45. The molecule has 5 heteroatoms. The van der Waals surface area contributed by atoms with Crippen LogP contribution in [0.2, 0.25) is 62.5 Å². The largest absolute Gasteiger partial charge is 0.149 e. The van der Waals surface area contributed by atoms with Gasteiger partial charge in [-0.3, -0.25) is 0 Å². The molecule has 3 rings (SSSR count).